The lowest BCUT2D eigenvalue weighted by atomic mass is 10.1. The molecule has 0 unspecified atom stereocenters. The molecule has 0 aliphatic carbocycles. The van der Waals surface area contributed by atoms with Gasteiger partial charge in [0.1, 0.15) is 5.75 Å². The molecule has 0 bridgehead atoms. The first-order valence-electron chi connectivity index (χ1n) is 8.79. The third-order valence-corrected chi connectivity index (χ3v) is 4.17. The molecule has 5 nitrogen and oxygen atoms in total. The molecule has 0 spiro atoms. The van der Waals surface area contributed by atoms with Crippen LogP contribution in [0.2, 0.25) is 0 Å². The highest BCUT2D eigenvalue weighted by Crippen LogP contribution is 2.26. The zero-order valence-corrected chi connectivity index (χ0v) is 14.7. The second kappa shape index (κ2) is 8.34. The maximum absolute atomic E-state index is 11.1. The van der Waals surface area contributed by atoms with Gasteiger partial charge in [-0.2, -0.15) is 5.10 Å². The molecule has 3 aromatic rings. The van der Waals surface area contributed by atoms with Crippen LogP contribution in [0.3, 0.4) is 0 Å². The van der Waals surface area contributed by atoms with Gasteiger partial charge in [0.15, 0.2) is 0 Å². The fraction of sp³-hybridized carbons (Fsp3) is 0.238. The Morgan fingerprint density at radius 3 is 2.62 bits per heavy atom. The molecular weight excluding hydrogens is 328 g/mol. The molecule has 0 amide bonds. The minimum absolute atomic E-state index is 0.247. The van der Waals surface area contributed by atoms with E-state index in [1.807, 2.05) is 36.4 Å². The van der Waals surface area contributed by atoms with E-state index in [-0.39, 0.29) is 5.56 Å². The summed E-state index contributed by atoms with van der Waals surface area (Å²) in [5, 5.41) is 16.4. The SMILES string of the molecule is CCCCCOc1ccc(-c2cc(-c3cccc(C(=O)O)c3)n[nH]2)cc1. The van der Waals surface area contributed by atoms with Crippen LogP contribution in [0, 0.1) is 0 Å². The molecule has 0 atom stereocenters. The number of unbranched alkanes of at least 4 members (excludes halogenated alkanes) is 2. The van der Waals surface area contributed by atoms with Crippen LogP contribution < -0.4 is 4.74 Å². The van der Waals surface area contributed by atoms with E-state index in [0.717, 1.165) is 35.6 Å². The van der Waals surface area contributed by atoms with Gasteiger partial charge in [-0.3, -0.25) is 5.10 Å². The van der Waals surface area contributed by atoms with E-state index in [1.54, 1.807) is 18.2 Å². The molecule has 26 heavy (non-hydrogen) atoms. The first-order chi connectivity index (χ1) is 12.7. The van der Waals surface area contributed by atoms with Crippen molar-refractivity contribution in [1.29, 1.82) is 0 Å². The number of hydrogen-bond donors (Lipinski definition) is 2. The molecule has 0 aliphatic rings. The molecule has 3 rings (SSSR count). The average molecular weight is 350 g/mol. The first kappa shape index (κ1) is 17.7. The lowest BCUT2D eigenvalue weighted by Crippen LogP contribution is -1.96. The summed E-state index contributed by atoms with van der Waals surface area (Å²) in [5.74, 6) is -0.0871. The average Bonchev–Trinajstić information content (AvgIpc) is 3.16. The summed E-state index contributed by atoms with van der Waals surface area (Å²) >= 11 is 0. The number of aromatic carboxylic acids is 1. The molecule has 0 aliphatic heterocycles. The van der Waals surface area contributed by atoms with Gasteiger partial charge >= 0.3 is 5.97 Å². The van der Waals surface area contributed by atoms with Crippen molar-refractivity contribution in [3.63, 3.8) is 0 Å². The van der Waals surface area contributed by atoms with Gasteiger partial charge in [-0.05, 0) is 54.4 Å². The van der Waals surface area contributed by atoms with Gasteiger partial charge in [0.05, 0.1) is 23.6 Å². The lowest BCUT2D eigenvalue weighted by Gasteiger charge is -2.06. The van der Waals surface area contributed by atoms with Gasteiger partial charge in [0.2, 0.25) is 0 Å². The number of H-pyrrole nitrogens is 1. The van der Waals surface area contributed by atoms with E-state index in [9.17, 15) is 4.79 Å². The molecular formula is C21H22N2O3. The Bertz CT molecular complexity index is 869. The maximum Gasteiger partial charge on any atom is 0.335 e. The fourth-order valence-electron chi connectivity index (χ4n) is 2.70. The highest BCUT2D eigenvalue weighted by molar-refractivity contribution is 5.89. The molecule has 0 fully saturated rings. The van der Waals surface area contributed by atoms with Gasteiger partial charge in [0.25, 0.3) is 0 Å². The predicted molar refractivity (Wildman–Crippen MR) is 101 cm³/mol. The van der Waals surface area contributed by atoms with Crippen molar-refractivity contribution >= 4 is 5.97 Å². The summed E-state index contributed by atoms with van der Waals surface area (Å²) < 4.78 is 5.73. The van der Waals surface area contributed by atoms with Crippen LogP contribution >= 0.6 is 0 Å². The molecule has 0 radical (unpaired) electrons. The van der Waals surface area contributed by atoms with E-state index < -0.39 is 5.97 Å². The molecule has 1 aromatic heterocycles. The fourth-order valence-corrected chi connectivity index (χ4v) is 2.70. The van der Waals surface area contributed by atoms with Crippen molar-refractivity contribution in [3.8, 4) is 28.3 Å². The second-order valence-corrected chi connectivity index (χ2v) is 6.13. The number of aromatic amines is 1. The van der Waals surface area contributed by atoms with Crippen LogP contribution in [-0.4, -0.2) is 27.9 Å². The third-order valence-electron chi connectivity index (χ3n) is 4.17. The van der Waals surface area contributed by atoms with E-state index in [0.29, 0.717) is 5.69 Å². The molecule has 2 aromatic carbocycles. The third kappa shape index (κ3) is 4.30. The molecule has 134 valence electrons. The summed E-state index contributed by atoms with van der Waals surface area (Å²) in [6, 6.07) is 16.5. The Kier molecular flexibility index (Phi) is 5.69. The van der Waals surface area contributed by atoms with E-state index in [4.69, 9.17) is 9.84 Å². The Labute approximate surface area is 152 Å². The standard InChI is InChI=1S/C21H22N2O3/c1-2-3-4-12-26-18-10-8-15(9-11-18)19-14-20(23-22-19)16-6-5-7-17(13-16)21(24)25/h5-11,13-14H,2-4,12H2,1H3,(H,22,23)(H,24,25). The molecule has 0 saturated heterocycles. The number of carboxylic acids is 1. The number of ether oxygens (including phenoxy) is 1. The number of hydrogen-bond acceptors (Lipinski definition) is 3. The molecule has 1 heterocycles. The number of nitrogens with zero attached hydrogens (tertiary/aromatic N) is 1. The van der Waals surface area contributed by atoms with Crippen molar-refractivity contribution in [3.05, 3.63) is 60.2 Å². The van der Waals surface area contributed by atoms with Crippen LogP contribution in [0.5, 0.6) is 5.75 Å². The van der Waals surface area contributed by atoms with Crippen LogP contribution in [0.4, 0.5) is 0 Å². The van der Waals surface area contributed by atoms with Gasteiger partial charge < -0.3 is 9.84 Å². The Balaban J connectivity index is 1.71. The Hall–Kier alpha value is -3.08. The zero-order chi connectivity index (χ0) is 18.4. The van der Waals surface area contributed by atoms with Crippen LogP contribution in [0.1, 0.15) is 36.5 Å². The molecule has 0 saturated carbocycles. The molecule has 5 heteroatoms. The zero-order valence-electron chi connectivity index (χ0n) is 14.7. The molecule has 2 N–H and O–H groups in total. The largest absolute Gasteiger partial charge is 0.494 e. The quantitative estimate of drug-likeness (QED) is 0.560. The highest BCUT2D eigenvalue weighted by atomic mass is 16.5. The number of nitrogens with one attached hydrogen (secondary N) is 1. The topological polar surface area (TPSA) is 75.2 Å². The normalized spacial score (nSPS) is 10.7. The highest BCUT2D eigenvalue weighted by Gasteiger charge is 2.09. The van der Waals surface area contributed by atoms with Crippen LogP contribution in [0.25, 0.3) is 22.5 Å². The Morgan fingerprint density at radius 1 is 1.08 bits per heavy atom. The summed E-state index contributed by atoms with van der Waals surface area (Å²) in [4.78, 5) is 11.1. The summed E-state index contributed by atoms with van der Waals surface area (Å²) in [6.07, 6.45) is 3.43. The van der Waals surface area contributed by atoms with Crippen molar-refractivity contribution in [2.24, 2.45) is 0 Å². The Morgan fingerprint density at radius 2 is 1.88 bits per heavy atom. The van der Waals surface area contributed by atoms with Gasteiger partial charge in [0, 0.05) is 5.56 Å². The number of carbonyl (C=O) groups is 1. The summed E-state index contributed by atoms with van der Waals surface area (Å²) in [7, 11) is 0. The number of rotatable bonds is 8. The lowest BCUT2D eigenvalue weighted by molar-refractivity contribution is 0.0697. The van der Waals surface area contributed by atoms with Gasteiger partial charge in [-0.1, -0.05) is 31.9 Å². The van der Waals surface area contributed by atoms with Crippen molar-refractivity contribution in [2.75, 3.05) is 6.61 Å². The second-order valence-electron chi connectivity index (χ2n) is 6.13. The van der Waals surface area contributed by atoms with Crippen LogP contribution in [-0.2, 0) is 0 Å². The van der Waals surface area contributed by atoms with E-state index in [1.165, 1.54) is 12.8 Å². The van der Waals surface area contributed by atoms with Crippen molar-refractivity contribution in [2.45, 2.75) is 26.2 Å². The smallest absolute Gasteiger partial charge is 0.335 e. The van der Waals surface area contributed by atoms with Gasteiger partial charge in [-0.15, -0.1) is 0 Å². The summed E-state index contributed by atoms with van der Waals surface area (Å²) in [5.41, 5.74) is 3.60. The number of carboxylic acid groups (broad SMARTS) is 1. The number of benzene rings is 2. The van der Waals surface area contributed by atoms with Crippen molar-refractivity contribution < 1.29 is 14.6 Å². The van der Waals surface area contributed by atoms with Crippen molar-refractivity contribution in [1.82, 2.24) is 10.2 Å². The van der Waals surface area contributed by atoms with Crippen LogP contribution in [0.15, 0.2) is 54.6 Å². The van der Waals surface area contributed by atoms with E-state index >= 15 is 0 Å². The van der Waals surface area contributed by atoms with Gasteiger partial charge in [-0.25, -0.2) is 4.79 Å². The summed E-state index contributed by atoms with van der Waals surface area (Å²) in [6.45, 7) is 2.91. The minimum atomic E-state index is -0.947. The monoisotopic (exact) mass is 350 g/mol. The predicted octanol–water partition coefficient (Wildman–Crippen LogP) is 5.01. The minimum Gasteiger partial charge on any atom is -0.494 e. The van der Waals surface area contributed by atoms with E-state index in [2.05, 4.69) is 17.1 Å². The maximum atomic E-state index is 11.1. The first-order valence-corrected chi connectivity index (χ1v) is 8.79. The number of aromatic nitrogens is 2.